The van der Waals surface area contributed by atoms with Crippen LogP contribution in [-0.2, 0) is 4.79 Å². The fourth-order valence-corrected chi connectivity index (χ4v) is 1.93. The standard InChI is InChI=1S/C11H23NOS/c1-9(2)8-14-7-6-10(13)12-11(3,4)5/h9H,6-8H2,1-5H3,(H,12,13). The average Bonchev–Trinajstić information content (AvgIpc) is 1.94. The monoisotopic (exact) mass is 217 g/mol. The number of carbonyl (C=O) groups excluding carboxylic acids is 1. The molecule has 0 rings (SSSR count). The lowest BCUT2D eigenvalue weighted by Gasteiger charge is -2.20. The predicted octanol–water partition coefficient (Wildman–Crippen LogP) is 2.68. The second-order valence-electron chi connectivity index (χ2n) is 5.02. The number of hydrogen-bond acceptors (Lipinski definition) is 2. The molecule has 1 amide bonds. The molecule has 0 aliphatic heterocycles. The first kappa shape index (κ1) is 13.8. The number of carbonyl (C=O) groups is 1. The van der Waals surface area contributed by atoms with Crippen LogP contribution in [0.1, 0.15) is 41.0 Å². The quantitative estimate of drug-likeness (QED) is 0.717. The van der Waals surface area contributed by atoms with E-state index in [1.165, 1.54) is 0 Å². The van der Waals surface area contributed by atoms with Crippen molar-refractivity contribution in [3.8, 4) is 0 Å². The van der Waals surface area contributed by atoms with E-state index in [-0.39, 0.29) is 11.4 Å². The maximum Gasteiger partial charge on any atom is 0.221 e. The highest BCUT2D eigenvalue weighted by Gasteiger charge is 2.12. The van der Waals surface area contributed by atoms with Crippen molar-refractivity contribution in [3.05, 3.63) is 0 Å². The summed E-state index contributed by atoms with van der Waals surface area (Å²) in [7, 11) is 0. The zero-order chi connectivity index (χ0) is 11.2. The van der Waals surface area contributed by atoms with Gasteiger partial charge in [-0.05, 0) is 32.4 Å². The number of nitrogens with one attached hydrogen (secondary N) is 1. The van der Waals surface area contributed by atoms with Crippen molar-refractivity contribution in [1.29, 1.82) is 0 Å². The molecule has 0 saturated heterocycles. The molecule has 0 atom stereocenters. The summed E-state index contributed by atoms with van der Waals surface area (Å²) in [5, 5.41) is 2.95. The first-order valence-electron chi connectivity index (χ1n) is 5.20. The van der Waals surface area contributed by atoms with Gasteiger partial charge in [0.05, 0.1) is 0 Å². The van der Waals surface area contributed by atoms with Crippen molar-refractivity contribution >= 4 is 17.7 Å². The third kappa shape index (κ3) is 9.90. The summed E-state index contributed by atoms with van der Waals surface area (Å²) in [6.45, 7) is 10.4. The lowest BCUT2D eigenvalue weighted by molar-refractivity contribution is -0.122. The van der Waals surface area contributed by atoms with Crippen LogP contribution >= 0.6 is 11.8 Å². The average molecular weight is 217 g/mol. The summed E-state index contributed by atoms with van der Waals surface area (Å²) in [5.41, 5.74) is -0.0974. The zero-order valence-corrected chi connectivity index (χ0v) is 10.8. The van der Waals surface area contributed by atoms with E-state index in [1.807, 2.05) is 32.5 Å². The van der Waals surface area contributed by atoms with Crippen molar-refractivity contribution in [1.82, 2.24) is 5.32 Å². The van der Waals surface area contributed by atoms with Gasteiger partial charge in [-0.15, -0.1) is 0 Å². The van der Waals surface area contributed by atoms with E-state index in [2.05, 4.69) is 19.2 Å². The Kier molecular flexibility index (Phi) is 6.25. The lowest BCUT2D eigenvalue weighted by atomic mass is 10.1. The molecule has 0 radical (unpaired) electrons. The second-order valence-corrected chi connectivity index (χ2v) is 6.17. The van der Waals surface area contributed by atoms with Crippen LogP contribution in [0, 0.1) is 5.92 Å². The molecule has 14 heavy (non-hydrogen) atoms. The van der Waals surface area contributed by atoms with Crippen LogP contribution in [0.15, 0.2) is 0 Å². The van der Waals surface area contributed by atoms with Gasteiger partial charge >= 0.3 is 0 Å². The predicted molar refractivity (Wildman–Crippen MR) is 64.7 cm³/mol. The molecule has 0 bridgehead atoms. The van der Waals surface area contributed by atoms with Crippen molar-refractivity contribution in [2.45, 2.75) is 46.6 Å². The van der Waals surface area contributed by atoms with Gasteiger partial charge < -0.3 is 5.32 Å². The summed E-state index contributed by atoms with van der Waals surface area (Å²) < 4.78 is 0. The Morgan fingerprint density at radius 1 is 1.36 bits per heavy atom. The normalized spacial score (nSPS) is 11.9. The molecule has 0 aromatic heterocycles. The summed E-state index contributed by atoms with van der Waals surface area (Å²) in [5.74, 6) is 2.95. The molecular weight excluding hydrogens is 194 g/mol. The summed E-state index contributed by atoms with van der Waals surface area (Å²) in [6, 6.07) is 0. The molecular formula is C11H23NOS. The Balaban J connectivity index is 3.46. The van der Waals surface area contributed by atoms with Crippen molar-refractivity contribution in [2.75, 3.05) is 11.5 Å². The molecule has 2 nitrogen and oxygen atoms in total. The molecule has 0 aliphatic carbocycles. The highest BCUT2D eigenvalue weighted by molar-refractivity contribution is 7.99. The molecule has 0 aromatic rings. The largest absolute Gasteiger partial charge is 0.351 e. The summed E-state index contributed by atoms with van der Waals surface area (Å²) >= 11 is 1.85. The Bertz CT molecular complexity index is 173. The molecule has 1 N–H and O–H groups in total. The van der Waals surface area contributed by atoms with E-state index in [4.69, 9.17) is 0 Å². The van der Waals surface area contributed by atoms with Crippen LogP contribution in [0.2, 0.25) is 0 Å². The lowest BCUT2D eigenvalue weighted by Crippen LogP contribution is -2.40. The van der Waals surface area contributed by atoms with Crippen LogP contribution in [0.4, 0.5) is 0 Å². The fraction of sp³-hybridized carbons (Fsp3) is 0.909. The second kappa shape index (κ2) is 6.33. The molecule has 0 heterocycles. The highest BCUT2D eigenvalue weighted by atomic mass is 32.2. The zero-order valence-electron chi connectivity index (χ0n) is 10.0. The first-order valence-corrected chi connectivity index (χ1v) is 6.35. The highest BCUT2D eigenvalue weighted by Crippen LogP contribution is 2.09. The molecule has 0 unspecified atom stereocenters. The Morgan fingerprint density at radius 3 is 2.36 bits per heavy atom. The Labute approximate surface area is 92.2 Å². The third-order valence-electron chi connectivity index (χ3n) is 1.44. The van der Waals surface area contributed by atoms with Crippen molar-refractivity contribution in [2.24, 2.45) is 5.92 Å². The smallest absolute Gasteiger partial charge is 0.221 e. The molecule has 0 fully saturated rings. The van der Waals surface area contributed by atoms with Gasteiger partial charge in [-0.3, -0.25) is 4.79 Å². The molecule has 0 aromatic carbocycles. The number of rotatable bonds is 5. The third-order valence-corrected chi connectivity index (χ3v) is 2.83. The fourth-order valence-electron chi connectivity index (χ4n) is 0.965. The van der Waals surface area contributed by atoms with Crippen LogP contribution in [0.5, 0.6) is 0 Å². The van der Waals surface area contributed by atoms with Gasteiger partial charge in [0.2, 0.25) is 5.91 Å². The van der Waals surface area contributed by atoms with E-state index in [1.54, 1.807) is 0 Å². The van der Waals surface area contributed by atoms with Crippen molar-refractivity contribution < 1.29 is 4.79 Å². The van der Waals surface area contributed by atoms with Crippen LogP contribution in [-0.4, -0.2) is 23.0 Å². The molecule has 0 spiro atoms. The number of hydrogen-bond donors (Lipinski definition) is 1. The molecule has 3 heteroatoms. The van der Waals surface area contributed by atoms with E-state index in [0.29, 0.717) is 12.3 Å². The van der Waals surface area contributed by atoms with Crippen LogP contribution < -0.4 is 5.32 Å². The van der Waals surface area contributed by atoms with E-state index in [9.17, 15) is 4.79 Å². The minimum absolute atomic E-state index is 0.0974. The number of thioether (sulfide) groups is 1. The van der Waals surface area contributed by atoms with Gasteiger partial charge in [0.1, 0.15) is 0 Å². The molecule has 0 saturated carbocycles. The van der Waals surface area contributed by atoms with Gasteiger partial charge in [0.25, 0.3) is 0 Å². The van der Waals surface area contributed by atoms with Crippen LogP contribution in [0.25, 0.3) is 0 Å². The minimum atomic E-state index is -0.0974. The van der Waals surface area contributed by atoms with Gasteiger partial charge in [0.15, 0.2) is 0 Å². The minimum Gasteiger partial charge on any atom is -0.351 e. The molecule has 84 valence electrons. The maximum atomic E-state index is 11.4. The van der Waals surface area contributed by atoms with E-state index >= 15 is 0 Å². The SMILES string of the molecule is CC(C)CSCCC(=O)NC(C)(C)C. The van der Waals surface area contributed by atoms with Gasteiger partial charge in [-0.2, -0.15) is 11.8 Å². The van der Waals surface area contributed by atoms with E-state index in [0.717, 1.165) is 11.5 Å². The topological polar surface area (TPSA) is 29.1 Å². The maximum absolute atomic E-state index is 11.4. The summed E-state index contributed by atoms with van der Waals surface area (Å²) in [6.07, 6.45) is 0.634. The number of amides is 1. The Morgan fingerprint density at radius 2 is 1.93 bits per heavy atom. The molecule has 0 aliphatic rings. The first-order chi connectivity index (χ1) is 6.31. The summed E-state index contributed by atoms with van der Waals surface area (Å²) in [4.78, 5) is 11.4. The van der Waals surface area contributed by atoms with Gasteiger partial charge in [0, 0.05) is 17.7 Å². The van der Waals surface area contributed by atoms with Gasteiger partial charge in [-0.25, -0.2) is 0 Å². The van der Waals surface area contributed by atoms with Crippen LogP contribution in [0.3, 0.4) is 0 Å². The Hall–Kier alpha value is -0.180. The van der Waals surface area contributed by atoms with E-state index < -0.39 is 0 Å². The van der Waals surface area contributed by atoms with Gasteiger partial charge in [-0.1, -0.05) is 13.8 Å². The van der Waals surface area contributed by atoms with Crippen molar-refractivity contribution in [3.63, 3.8) is 0 Å².